The van der Waals surface area contributed by atoms with E-state index in [4.69, 9.17) is 11.6 Å². The summed E-state index contributed by atoms with van der Waals surface area (Å²) in [6, 6.07) is 21.4. The van der Waals surface area contributed by atoms with Crippen molar-refractivity contribution in [2.24, 2.45) is 0 Å². The Kier molecular flexibility index (Phi) is 7.80. The van der Waals surface area contributed by atoms with Gasteiger partial charge in [-0.05, 0) is 55.0 Å². The fourth-order valence-corrected chi connectivity index (χ4v) is 4.21. The van der Waals surface area contributed by atoms with Gasteiger partial charge in [0, 0.05) is 42.5 Å². The predicted molar refractivity (Wildman–Crippen MR) is 138 cm³/mol. The van der Waals surface area contributed by atoms with E-state index in [-0.39, 0.29) is 24.3 Å². The van der Waals surface area contributed by atoms with E-state index in [0.717, 1.165) is 5.56 Å². The Morgan fingerprint density at radius 1 is 0.857 bits per heavy atom. The number of aryl methyl sites for hydroxylation is 1. The molecule has 0 spiro atoms. The number of nitrogens with one attached hydrogen (secondary N) is 2. The summed E-state index contributed by atoms with van der Waals surface area (Å²) < 4.78 is 0. The molecular formula is C27H27ClN4O3. The van der Waals surface area contributed by atoms with Crippen LogP contribution in [0.1, 0.15) is 26.3 Å². The van der Waals surface area contributed by atoms with Crippen molar-refractivity contribution in [3.05, 3.63) is 94.5 Å². The maximum Gasteiger partial charge on any atom is 0.257 e. The average Bonchev–Trinajstić information content (AvgIpc) is 2.84. The lowest BCUT2D eigenvalue weighted by Crippen LogP contribution is -2.50. The van der Waals surface area contributed by atoms with Crippen molar-refractivity contribution >= 4 is 40.7 Å². The number of amides is 3. The molecular weight excluding hydrogens is 464 g/mol. The molecule has 1 fully saturated rings. The minimum atomic E-state index is -0.292. The number of carbonyl (C=O) groups excluding carboxylic acids is 3. The Hall–Kier alpha value is -3.68. The second-order valence-electron chi connectivity index (χ2n) is 8.50. The quantitative estimate of drug-likeness (QED) is 0.540. The Morgan fingerprint density at radius 3 is 2.34 bits per heavy atom. The third kappa shape index (κ3) is 6.47. The second-order valence-corrected chi connectivity index (χ2v) is 8.93. The molecule has 3 amide bonds. The van der Waals surface area contributed by atoms with Crippen LogP contribution in [0.2, 0.25) is 5.02 Å². The molecule has 7 nitrogen and oxygen atoms in total. The number of rotatable bonds is 6. The third-order valence-corrected chi connectivity index (χ3v) is 6.06. The smallest absolute Gasteiger partial charge is 0.257 e. The van der Waals surface area contributed by atoms with Crippen LogP contribution in [0.3, 0.4) is 0 Å². The SMILES string of the molecule is Cc1cccc(NC(=O)c2ccccc2NC(=O)CN2CCN(C(=O)c3cccc(Cl)c3)CC2)c1. The Bertz CT molecular complexity index is 1240. The summed E-state index contributed by atoms with van der Waals surface area (Å²) in [5.41, 5.74) is 3.14. The molecule has 1 saturated heterocycles. The fraction of sp³-hybridized carbons (Fsp3) is 0.222. The van der Waals surface area contributed by atoms with Crippen molar-refractivity contribution in [3.63, 3.8) is 0 Å². The number of piperazine rings is 1. The standard InChI is InChI=1S/C27H27ClN4O3/c1-19-6-4-9-22(16-19)29-26(34)23-10-2-3-11-24(23)30-25(33)18-31-12-14-32(15-13-31)27(35)20-7-5-8-21(28)17-20/h2-11,16-17H,12-15,18H2,1H3,(H,29,34)(H,30,33). The molecule has 1 aliphatic heterocycles. The first-order valence-electron chi connectivity index (χ1n) is 11.4. The number of para-hydroxylation sites is 1. The zero-order chi connectivity index (χ0) is 24.8. The van der Waals surface area contributed by atoms with Gasteiger partial charge in [-0.2, -0.15) is 0 Å². The zero-order valence-corrected chi connectivity index (χ0v) is 20.2. The summed E-state index contributed by atoms with van der Waals surface area (Å²) in [6.45, 7) is 4.33. The van der Waals surface area contributed by atoms with Crippen LogP contribution in [-0.2, 0) is 4.79 Å². The van der Waals surface area contributed by atoms with Crippen LogP contribution in [0.4, 0.5) is 11.4 Å². The average molecular weight is 491 g/mol. The van der Waals surface area contributed by atoms with Crippen molar-refractivity contribution < 1.29 is 14.4 Å². The lowest BCUT2D eigenvalue weighted by molar-refractivity contribution is -0.117. The van der Waals surface area contributed by atoms with Crippen LogP contribution < -0.4 is 10.6 Å². The van der Waals surface area contributed by atoms with Gasteiger partial charge in [0.1, 0.15) is 0 Å². The molecule has 1 aliphatic rings. The normalized spacial score (nSPS) is 13.8. The topological polar surface area (TPSA) is 81.8 Å². The van der Waals surface area contributed by atoms with E-state index in [9.17, 15) is 14.4 Å². The summed E-state index contributed by atoms with van der Waals surface area (Å²) in [6.07, 6.45) is 0. The first kappa shape index (κ1) is 24.4. The molecule has 0 aromatic heterocycles. The zero-order valence-electron chi connectivity index (χ0n) is 19.5. The summed E-state index contributed by atoms with van der Waals surface area (Å²) >= 11 is 6.00. The summed E-state index contributed by atoms with van der Waals surface area (Å²) in [4.78, 5) is 42.1. The Morgan fingerprint density at radius 2 is 1.60 bits per heavy atom. The molecule has 0 unspecified atom stereocenters. The summed E-state index contributed by atoms with van der Waals surface area (Å²) in [5, 5.41) is 6.27. The Labute approximate surface area is 209 Å². The monoisotopic (exact) mass is 490 g/mol. The number of benzene rings is 3. The van der Waals surface area contributed by atoms with Crippen molar-refractivity contribution in [3.8, 4) is 0 Å². The van der Waals surface area contributed by atoms with Crippen LogP contribution in [0, 0.1) is 6.92 Å². The molecule has 1 heterocycles. The molecule has 0 saturated carbocycles. The van der Waals surface area contributed by atoms with E-state index in [1.807, 2.05) is 36.1 Å². The van der Waals surface area contributed by atoms with Gasteiger partial charge >= 0.3 is 0 Å². The molecule has 0 aliphatic carbocycles. The molecule has 35 heavy (non-hydrogen) atoms. The van der Waals surface area contributed by atoms with Gasteiger partial charge in [0.25, 0.3) is 11.8 Å². The van der Waals surface area contributed by atoms with E-state index >= 15 is 0 Å². The van der Waals surface area contributed by atoms with Crippen molar-refractivity contribution in [1.82, 2.24) is 9.80 Å². The van der Waals surface area contributed by atoms with E-state index in [1.54, 1.807) is 53.4 Å². The van der Waals surface area contributed by atoms with Crippen LogP contribution in [0.5, 0.6) is 0 Å². The van der Waals surface area contributed by atoms with Crippen LogP contribution in [0.25, 0.3) is 0 Å². The minimum absolute atomic E-state index is 0.0647. The number of nitrogens with zero attached hydrogens (tertiary/aromatic N) is 2. The molecule has 8 heteroatoms. The Balaban J connectivity index is 1.32. The van der Waals surface area contributed by atoms with E-state index in [0.29, 0.717) is 53.7 Å². The van der Waals surface area contributed by atoms with Gasteiger partial charge in [0.05, 0.1) is 17.8 Å². The van der Waals surface area contributed by atoms with Gasteiger partial charge in [-0.3, -0.25) is 19.3 Å². The van der Waals surface area contributed by atoms with Gasteiger partial charge in [0.2, 0.25) is 5.91 Å². The number of hydrogen-bond donors (Lipinski definition) is 2. The lowest BCUT2D eigenvalue weighted by Gasteiger charge is -2.34. The molecule has 180 valence electrons. The lowest BCUT2D eigenvalue weighted by atomic mass is 10.1. The van der Waals surface area contributed by atoms with Gasteiger partial charge in [-0.25, -0.2) is 0 Å². The van der Waals surface area contributed by atoms with Crippen molar-refractivity contribution in [2.75, 3.05) is 43.4 Å². The summed E-state index contributed by atoms with van der Waals surface area (Å²) in [5.74, 6) is -0.569. The van der Waals surface area contributed by atoms with Crippen LogP contribution in [-0.4, -0.2) is 60.2 Å². The molecule has 3 aromatic rings. The van der Waals surface area contributed by atoms with E-state index in [2.05, 4.69) is 10.6 Å². The van der Waals surface area contributed by atoms with Crippen molar-refractivity contribution in [1.29, 1.82) is 0 Å². The number of hydrogen-bond acceptors (Lipinski definition) is 4. The van der Waals surface area contributed by atoms with Gasteiger partial charge < -0.3 is 15.5 Å². The molecule has 2 N–H and O–H groups in total. The highest BCUT2D eigenvalue weighted by Crippen LogP contribution is 2.19. The van der Waals surface area contributed by atoms with E-state index < -0.39 is 0 Å². The highest BCUT2D eigenvalue weighted by molar-refractivity contribution is 6.31. The van der Waals surface area contributed by atoms with Gasteiger partial charge in [-0.15, -0.1) is 0 Å². The maximum atomic E-state index is 12.8. The first-order valence-corrected chi connectivity index (χ1v) is 11.8. The van der Waals surface area contributed by atoms with Crippen molar-refractivity contribution in [2.45, 2.75) is 6.92 Å². The second kappa shape index (κ2) is 11.2. The first-order chi connectivity index (χ1) is 16.9. The molecule has 3 aromatic carbocycles. The summed E-state index contributed by atoms with van der Waals surface area (Å²) in [7, 11) is 0. The largest absolute Gasteiger partial charge is 0.336 e. The van der Waals surface area contributed by atoms with Crippen LogP contribution >= 0.6 is 11.6 Å². The molecule has 4 rings (SSSR count). The highest BCUT2D eigenvalue weighted by atomic mass is 35.5. The third-order valence-electron chi connectivity index (χ3n) is 5.82. The molecule has 0 radical (unpaired) electrons. The van der Waals surface area contributed by atoms with E-state index in [1.165, 1.54) is 0 Å². The van der Waals surface area contributed by atoms with Gasteiger partial charge in [0.15, 0.2) is 0 Å². The molecule has 0 atom stereocenters. The van der Waals surface area contributed by atoms with Gasteiger partial charge in [-0.1, -0.05) is 41.9 Å². The predicted octanol–water partition coefficient (Wildman–Crippen LogP) is 4.30. The fourth-order valence-electron chi connectivity index (χ4n) is 4.02. The number of carbonyl (C=O) groups is 3. The minimum Gasteiger partial charge on any atom is -0.336 e. The number of halogens is 1. The molecule has 0 bridgehead atoms. The maximum absolute atomic E-state index is 12.8. The highest BCUT2D eigenvalue weighted by Gasteiger charge is 2.24. The van der Waals surface area contributed by atoms with Crippen LogP contribution in [0.15, 0.2) is 72.8 Å². The number of anilines is 2.